The second kappa shape index (κ2) is 9.60. The standard InChI is InChI=1S/C28H29NSi/c1-3-22(2)23-14-18-27(19-15-23)30-28-20-16-26(17-21-28)29(24-10-6-4-7-11-24)25-12-8-5-9-13-25/h4-22H,3,30H2,1-2H3. The summed E-state index contributed by atoms with van der Waals surface area (Å²) >= 11 is 0. The summed E-state index contributed by atoms with van der Waals surface area (Å²) in [6.07, 6.45) is 1.19. The number of benzene rings is 4. The fourth-order valence-electron chi connectivity index (χ4n) is 3.80. The molecule has 0 heterocycles. The van der Waals surface area contributed by atoms with Gasteiger partial charge in [0.05, 0.1) is 9.52 Å². The Kier molecular flexibility index (Phi) is 6.46. The lowest BCUT2D eigenvalue weighted by atomic mass is 9.99. The maximum Gasteiger partial charge on any atom is 0.0875 e. The van der Waals surface area contributed by atoms with Crippen LogP contribution in [0.4, 0.5) is 17.1 Å². The van der Waals surface area contributed by atoms with Crippen LogP contribution < -0.4 is 15.3 Å². The van der Waals surface area contributed by atoms with Gasteiger partial charge in [-0.15, -0.1) is 0 Å². The van der Waals surface area contributed by atoms with E-state index in [2.05, 4.69) is 128 Å². The van der Waals surface area contributed by atoms with E-state index in [0.717, 1.165) is 0 Å². The van der Waals surface area contributed by atoms with E-state index >= 15 is 0 Å². The van der Waals surface area contributed by atoms with Crippen LogP contribution in [0.3, 0.4) is 0 Å². The quantitative estimate of drug-likeness (QED) is 0.351. The zero-order valence-corrected chi connectivity index (χ0v) is 19.2. The van der Waals surface area contributed by atoms with Crippen molar-refractivity contribution in [2.24, 2.45) is 0 Å². The van der Waals surface area contributed by atoms with Crippen molar-refractivity contribution in [3.8, 4) is 0 Å². The molecule has 0 aromatic heterocycles. The van der Waals surface area contributed by atoms with E-state index < -0.39 is 9.52 Å². The van der Waals surface area contributed by atoms with E-state index in [9.17, 15) is 0 Å². The van der Waals surface area contributed by atoms with Crippen LogP contribution in [-0.4, -0.2) is 9.52 Å². The summed E-state index contributed by atoms with van der Waals surface area (Å²) in [6, 6.07) is 39.6. The summed E-state index contributed by atoms with van der Waals surface area (Å²) in [7, 11) is -0.466. The normalized spacial score (nSPS) is 12.2. The van der Waals surface area contributed by atoms with Crippen molar-refractivity contribution in [1.29, 1.82) is 0 Å². The number of hydrogen-bond donors (Lipinski definition) is 0. The molecule has 0 aliphatic heterocycles. The van der Waals surface area contributed by atoms with Gasteiger partial charge in [-0.2, -0.15) is 0 Å². The molecule has 1 atom stereocenters. The zero-order chi connectivity index (χ0) is 20.8. The molecule has 0 aliphatic carbocycles. The van der Waals surface area contributed by atoms with E-state index in [0.29, 0.717) is 5.92 Å². The third-order valence-electron chi connectivity index (χ3n) is 5.79. The van der Waals surface area contributed by atoms with Gasteiger partial charge in [0.25, 0.3) is 0 Å². The summed E-state index contributed by atoms with van der Waals surface area (Å²) in [5, 5.41) is 2.97. The van der Waals surface area contributed by atoms with Crippen molar-refractivity contribution < 1.29 is 0 Å². The van der Waals surface area contributed by atoms with Gasteiger partial charge in [0.2, 0.25) is 0 Å². The van der Waals surface area contributed by atoms with Crippen molar-refractivity contribution >= 4 is 37.0 Å². The highest BCUT2D eigenvalue weighted by atomic mass is 28.2. The lowest BCUT2D eigenvalue weighted by Crippen LogP contribution is -2.27. The van der Waals surface area contributed by atoms with Gasteiger partial charge in [-0.25, -0.2) is 0 Å². The van der Waals surface area contributed by atoms with Crippen LogP contribution in [-0.2, 0) is 0 Å². The molecule has 0 N–H and O–H groups in total. The first-order valence-electron chi connectivity index (χ1n) is 10.8. The lowest BCUT2D eigenvalue weighted by Gasteiger charge is -2.25. The van der Waals surface area contributed by atoms with Crippen molar-refractivity contribution in [3.05, 3.63) is 115 Å². The van der Waals surface area contributed by atoms with Gasteiger partial charge >= 0.3 is 0 Å². The molecule has 30 heavy (non-hydrogen) atoms. The van der Waals surface area contributed by atoms with Crippen LogP contribution in [0.2, 0.25) is 0 Å². The Bertz CT molecular complexity index is 1000. The maximum absolute atomic E-state index is 2.34. The van der Waals surface area contributed by atoms with E-state index in [-0.39, 0.29) is 0 Å². The van der Waals surface area contributed by atoms with E-state index in [4.69, 9.17) is 0 Å². The first-order chi connectivity index (χ1) is 14.7. The minimum atomic E-state index is -0.466. The molecule has 1 nitrogen and oxygen atoms in total. The Morgan fingerprint density at radius 3 is 1.50 bits per heavy atom. The topological polar surface area (TPSA) is 3.24 Å². The van der Waals surface area contributed by atoms with Gasteiger partial charge in [0.1, 0.15) is 0 Å². The van der Waals surface area contributed by atoms with Crippen LogP contribution in [0.15, 0.2) is 109 Å². The molecule has 0 aliphatic rings. The Balaban J connectivity index is 1.57. The summed E-state index contributed by atoms with van der Waals surface area (Å²) in [5.74, 6) is 0.641. The zero-order valence-electron chi connectivity index (χ0n) is 17.8. The molecule has 0 radical (unpaired) electrons. The Morgan fingerprint density at radius 1 is 0.600 bits per heavy atom. The highest BCUT2D eigenvalue weighted by molar-refractivity contribution is 6.67. The molecule has 0 fully saturated rings. The number of nitrogens with zero attached hydrogens (tertiary/aromatic N) is 1. The first kappa shape index (κ1) is 20.2. The first-order valence-corrected chi connectivity index (χ1v) is 12.2. The van der Waals surface area contributed by atoms with Gasteiger partial charge in [-0.1, -0.05) is 97.0 Å². The molecule has 2 heteroatoms. The van der Waals surface area contributed by atoms with E-state index in [1.54, 1.807) is 0 Å². The molecule has 4 aromatic rings. The monoisotopic (exact) mass is 407 g/mol. The molecule has 0 spiro atoms. The number of hydrogen-bond acceptors (Lipinski definition) is 1. The summed E-state index contributed by atoms with van der Waals surface area (Å²) in [6.45, 7) is 4.56. The molecule has 1 unspecified atom stereocenters. The third kappa shape index (κ3) is 4.72. The van der Waals surface area contributed by atoms with Crippen molar-refractivity contribution in [2.75, 3.05) is 4.90 Å². The average Bonchev–Trinajstić information content (AvgIpc) is 2.82. The summed E-state index contributed by atoms with van der Waals surface area (Å²) < 4.78 is 0. The largest absolute Gasteiger partial charge is 0.311 e. The van der Waals surface area contributed by atoms with Crippen LogP contribution in [0.1, 0.15) is 31.7 Å². The SMILES string of the molecule is CCC(C)c1ccc([SiH2]c2ccc(N(c3ccccc3)c3ccccc3)cc2)cc1. The van der Waals surface area contributed by atoms with Crippen LogP contribution in [0, 0.1) is 0 Å². The second-order valence-electron chi connectivity index (χ2n) is 7.90. The van der Waals surface area contributed by atoms with Crippen LogP contribution in [0.25, 0.3) is 0 Å². The lowest BCUT2D eigenvalue weighted by molar-refractivity contribution is 0.734. The molecule has 0 amide bonds. The van der Waals surface area contributed by atoms with Gasteiger partial charge in [-0.3, -0.25) is 0 Å². The van der Waals surface area contributed by atoms with Gasteiger partial charge < -0.3 is 4.90 Å². The average molecular weight is 408 g/mol. The minimum Gasteiger partial charge on any atom is -0.311 e. The van der Waals surface area contributed by atoms with Gasteiger partial charge in [-0.05, 0) is 54.3 Å². The number of para-hydroxylation sites is 2. The predicted molar refractivity (Wildman–Crippen MR) is 134 cm³/mol. The highest BCUT2D eigenvalue weighted by Crippen LogP contribution is 2.33. The molecular formula is C28H29NSi. The van der Waals surface area contributed by atoms with Crippen molar-refractivity contribution in [2.45, 2.75) is 26.2 Å². The molecular weight excluding hydrogens is 378 g/mol. The Morgan fingerprint density at radius 2 is 1.03 bits per heavy atom. The third-order valence-corrected chi connectivity index (χ3v) is 7.55. The molecule has 4 aromatic carbocycles. The van der Waals surface area contributed by atoms with E-state index in [1.165, 1.54) is 39.4 Å². The summed E-state index contributed by atoms with van der Waals surface area (Å²) in [4.78, 5) is 2.31. The molecule has 150 valence electrons. The van der Waals surface area contributed by atoms with Crippen LogP contribution in [0.5, 0.6) is 0 Å². The number of rotatable bonds is 7. The fraction of sp³-hybridized carbons (Fsp3) is 0.143. The van der Waals surface area contributed by atoms with Gasteiger partial charge in [0, 0.05) is 17.1 Å². The van der Waals surface area contributed by atoms with Crippen molar-refractivity contribution in [1.82, 2.24) is 0 Å². The van der Waals surface area contributed by atoms with Crippen molar-refractivity contribution in [3.63, 3.8) is 0 Å². The molecule has 4 rings (SSSR count). The number of anilines is 3. The molecule has 0 saturated heterocycles. The Labute approximate surface area is 182 Å². The van der Waals surface area contributed by atoms with E-state index in [1.807, 2.05) is 0 Å². The minimum absolute atomic E-state index is 0.466. The van der Waals surface area contributed by atoms with Gasteiger partial charge in [0.15, 0.2) is 0 Å². The highest BCUT2D eigenvalue weighted by Gasteiger charge is 2.11. The molecule has 0 saturated carbocycles. The predicted octanol–water partition coefficient (Wildman–Crippen LogP) is 5.79. The Hall–Kier alpha value is -3.10. The summed E-state index contributed by atoms with van der Waals surface area (Å²) in [5.41, 5.74) is 4.99. The second-order valence-corrected chi connectivity index (χ2v) is 9.89. The smallest absolute Gasteiger partial charge is 0.0875 e. The fourth-order valence-corrected chi connectivity index (χ4v) is 5.21. The maximum atomic E-state index is 2.34. The van der Waals surface area contributed by atoms with Crippen LogP contribution >= 0.6 is 0 Å². The molecule has 0 bridgehead atoms.